The van der Waals surface area contributed by atoms with Crippen LogP contribution in [-0.2, 0) is 9.05 Å². The Kier molecular flexibility index (Phi) is 3.91. The van der Waals surface area contributed by atoms with E-state index >= 15 is 0 Å². The maximum Gasteiger partial charge on any atom is 0.262 e. The van der Waals surface area contributed by atoms with E-state index in [0.717, 1.165) is 8.04 Å². The Hall–Kier alpha value is 0.960. The summed E-state index contributed by atoms with van der Waals surface area (Å²) in [6.07, 6.45) is 0. The van der Waals surface area contributed by atoms with Gasteiger partial charge in [-0.25, -0.2) is 8.42 Å². The van der Waals surface area contributed by atoms with Crippen LogP contribution in [0.4, 0.5) is 0 Å². The van der Waals surface area contributed by atoms with Crippen LogP contribution in [0.25, 0.3) is 0 Å². The summed E-state index contributed by atoms with van der Waals surface area (Å²) in [5, 5.41) is 0.113. The van der Waals surface area contributed by atoms with Gasteiger partial charge in [-0.15, -0.1) is 0 Å². The molecular weight excluding hydrogens is 414 g/mol. The van der Waals surface area contributed by atoms with Gasteiger partial charge in [-0.2, -0.15) is 0 Å². The molecule has 0 N–H and O–H groups in total. The smallest absolute Gasteiger partial charge is 0.207 e. The average molecular weight is 416 g/mol. The predicted octanol–water partition coefficient (Wildman–Crippen LogP) is 3.63. The van der Waals surface area contributed by atoms with Gasteiger partial charge in [-0.05, 0) is 50.7 Å². The topological polar surface area (TPSA) is 34.1 Å². The van der Waals surface area contributed by atoms with Gasteiger partial charge in [0.2, 0.25) is 0 Å². The lowest BCUT2D eigenvalue weighted by atomic mass is 10.4. The maximum atomic E-state index is 11.0. The summed E-state index contributed by atoms with van der Waals surface area (Å²) in [6, 6.07) is 2.91. The summed E-state index contributed by atoms with van der Waals surface area (Å²) < 4.78 is 23.4. The van der Waals surface area contributed by atoms with Crippen molar-refractivity contribution in [3.63, 3.8) is 0 Å². The van der Waals surface area contributed by atoms with E-state index in [9.17, 15) is 8.42 Å². The molecule has 1 aromatic rings. The largest absolute Gasteiger partial charge is 0.262 e. The molecule has 2 nitrogen and oxygen atoms in total. The van der Waals surface area contributed by atoms with Crippen LogP contribution in [0.15, 0.2) is 21.5 Å². The van der Waals surface area contributed by atoms with E-state index in [2.05, 4.69) is 15.9 Å². The molecule has 0 saturated heterocycles. The Morgan fingerprint density at radius 1 is 1.38 bits per heavy atom. The summed E-state index contributed by atoms with van der Waals surface area (Å²) in [5.74, 6) is 0. The molecule has 72 valence electrons. The fourth-order valence-electron chi connectivity index (χ4n) is 0.691. The van der Waals surface area contributed by atoms with Gasteiger partial charge in [-0.3, -0.25) is 0 Å². The van der Waals surface area contributed by atoms with E-state index < -0.39 is 9.05 Å². The van der Waals surface area contributed by atoms with Gasteiger partial charge in [0.25, 0.3) is 9.05 Å². The van der Waals surface area contributed by atoms with Crippen molar-refractivity contribution in [2.75, 3.05) is 0 Å². The second-order valence-corrected chi connectivity index (χ2v) is 7.09. The van der Waals surface area contributed by atoms with Gasteiger partial charge >= 0.3 is 0 Å². The van der Waals surface area contributed by atoms with Crippen LogP contribution in [0.5, 0.6) is 0 Å². The second kappa shape index (κ2) is 4.22. The Balaban J connectivity index is 3.50. The minimum atomic E-state index is -3.76. The van der Waals surface area contributed by atoms with Gasteiger partial charge in [0.05, 0.1) is 5.02 Å². The molecule has 7 heteroatoms. The van der Waals surface area contributed by atoms with Gasteiger partial charge in [0.15, 0.2) is 0 Å². The molecule has 0 aromatic heterocycles. The molecule has 0 unspecified atom stereocenters. The van der Waals surface area contributed by atoms with Crippen LogP contribution in [0.3, 0.4) is 0 Å². The maximum absolute atomic E-state index is 11.0. The Bertz CT molecular complexity index is 446. The standard InChI is InChI=1S/C6H2BrCl2IO2S/c7-3-1-4(8)6(2-5(3)10)13(9,11)12/h1-2H. The van der Waals surface area contributed by atoms with Crippen molar-refractivity contribution in [1.29, 1.82) is 0 Å². The minimum absolute atomic E-state index is 0.0663. The number of hydrogen-bond donors (Lipinski definition) is 0. The van der Waals surface area contributed by atoms with Crippen molar-refractivity contribution in [3.05, 3.63) is 25.2 Å². The second-order valence-electron chi connectivity index (χ2n) is 2.13. The highest BCUT2D eigenvalue weighted by atomic mass is 127. The van der Waals surface area contributed by atoms with Crippen LogP contribution in [0.1, 0.15) is 0 Å². The first kappa shape index (κ1) is 12.0. The fraction of sp³-hybridized carbons (Fsp3) is 0. The third kappa shape index (κ3) is 2.95. The molecule has 0 fully saturated rings. The highest BCUT2D eigenvalue weighted by molar-refractivity contribution is 14.1. The average Bonchev–Trinajstić information content (AvgIpc) is 1.94. The molecule has 0 aliphatic carbocycles. The van der Waals surface area contributed by atoms with Crippen molar-refractivity contribution in [3.8, 4) is 0 Å². The van der Waals surface area contributed by atoms with Crippen molar-refractivity contribution in [2.45, 2.75) is 4.90 Å². The van der Waals surface area contributed by atoms with Crippen LogP contribution < -0.4 is 0 Å². The first-order valence-corrected chi connectivity index (χ1v) is 7.47. The summed E-state index contributed by atoms with van der Waals surface area (Å²) >= 11 is 10.9. The predicted molar refractivity (Wildman–Crippen MR) is 64.9 cm³/mol. The zero-order valence-corrected chi connectivity index (χ0v) is 12.0. The number of benzene rings is 1. The zero-order valence-electron chi connectivity index (χ0n) is 5.89. The summed E-state index contributed by atoms with van der Waals surface area (Å²) in [6.45, 7) is 0. The normalized spacial score (nSPS) is 11.7. The molecular formula is C6H2BrCl2IO2S. The van der Waals surface area contributed by atoms with E-state index in [-0.39, 0.29) is 9.92 Å². The van der Waals surface area contributed by atoms with E-state index in [1.54, 1.807) is 0 Å². The van der Waals surface area contributed by atoms with Gasteiger partial charge in [-0.1, -0.05) is 11.6 Å². The van der Waals surface area contributed by atoms with Crippen molar-refractivity contribution < 1.29 is 8.42 Å². The number of halogens is 4. The minimum Gasteiger partial charge on any atom is -0.207 e. The Morgan fingerprint density at radius 3 is 2.38 bits per heavy atom. The third-order valence-electron chi connectivity index (χ3n) is 1.24. The monoisotopic (exact) mass is 414 g/mol. The van der Waals surface area contributed by atoms with Crippen molar-refractivity contribution >= 4 is 69.9 Å². The fourth-order valence-corrected chi connectivity index (χ4v) is 3.37. The van der Waals surface area contributed by atoms with Gasteiger partial charge in [0, 0.05) is 18.7 Å². The number of rotatable bonds is 1. The molecule has 0 spiro atoms. The first-order valence-electron chi connectivity index (χ1n) is 2.91. The highest BCUT2D eigenvalue weighted by Crippen LogP contribution is 2.31. The quantitative estimate of drug-likeness (QED) is 0.399. The molecule has 0 radical (unpaired) electrons. The summed E-state index contributed by atoms with van der Waals surface area (Å²) in [5.41, 5.74) is 0. The molecule has 0 aliphatic rings. The zero-order chi connectivity index (χ0) is 10.2. The molecule has 0 bridgehead atoms. The van der Waals surface area contributed by atoms with E-state index in [4.69, 9.17) is 22.3 Å². The summed E-state index contributed by atoms with van der Waals surface area (Å²) in [4.78, 5) is -0.0663. The van der Waals surface area contributed by atoms with E-state index in [1.165, 1.54) is 12.1 Å². The van der Waals surface area contributed by atoms with Crippen LogP contribution in [0, 0.1) is 3.57 Å². The molecule has 13 heavy (non-hydrogen) atoms. The Labute approximate surface area is 107 Å². The lowest BCUT2D eigenvalue weighted by molar-refractivity contribution is 0.609. The van der Waals surface area contributed by atoms with Crippen LogP contribution >= 0.6 is 60.8 Å². The lowest BCUT2D eigenvalue weighted by Crippen LogP contribution is -1.93. The molecule has 0 atom stereocenters. The molecule has 1 aromatic carbocycles. The van der Waals surface area contributed by atoms with Gasteiger partial charge < -0.3 is 0 Å². The number of hydrogen-bond acceptors (Lipinski definition) is 2. The van der Waals surface area contributed by atoms with Crippen molar-refractivity contribution in [2.24, 2.45) is 0 Å². The summed E-state index contributed by atoms with van der Waals surface area (Å²) in [7, 11) is 1.40. The van der Waals surface area contributed by atoms with E-state index in [1.807, 2.05) is 22.6 Å². The van der Waals surface area contributed by atoms with Crippen LogP contribution in [-0.4, -0.2) is 8.42 Å². The first-order chi connectivity index (χ1) is 5.82. The Morgan fingerprint density at radius 2 is 1.92 bits per heavy atom. The van der Waals surface area contributed by atoms with Crippen molar-refractivity contribution in [1.82, 2.24) is 0 Å². The molecule has 0 amide bonds. The molecule has 0 aliphatic heterocycles. The molecule has 0 heterocycles. The van der Waals surface area contributed by atoms with E-state index in [0.29, 0.717) is 0 Å². The molecule has 0 saturated carbocycles. The van der Waals surface area contributed by atoms with Gasteiger partial charge in [0.1, 0.15) is 4.90 Å². The SMILES string of the molecule is O=S(=O)(Cl)c1cc(I)c(Br)cc1Cl. The van der Waals surface area contributed by atoms with Crippen LogP contribution in [0.2, 0.25) is 5.02 Å². The molecule has 1 rings (SSSR count). The highest BCUT2D eigenvalue weighted by Gasteiger charge is 2.16. The lowest BCUT2D eigenvalue weighted by Gasteiger charge is -2.02. The third-order valence-corrected chi connectivity index (χ3v) is 5.31.